The normalized spacial score (nSPS) is 20.1. The molecule has 1 saturated carbocycles. The highest BCUT2D eigenvalue weighted by molar-refractivity contribution is 7.18. The molecule has 39 heavy (non-hydrogen) atoms. The highest BCUT2D eigenvalue weighted by atomic mass is 32.1. The Labute approximate surface area is 231 Å². The van der Waals surface area contributed by atoms with Crippen LogP contribution in [0, 0.1) is 0 Å². The van der Waals surface area contributed by atoms with Gasteiger partial charge in [0.25, 0.3) is 0 Å². The lowest BCUT2D eigenvalue weighted by Crippen LogP contribution is -2.35. The average molecular weight is 548 g/mol. The first-order valence-electron chi connectivity index (χ1n) is 13.4. The summed E-state index contributed by atoms with van der Waals surface area (Å²) in [4.78, 5) is 14.2. The Morgan fingerprint density at radius 1 is 1.05 bits per heavy atom. The maximum Gasteiger partial charge on any atom is 0.216 e. The Kier molecular flexibility index (Phi) is 8.05. The molecule has 1 aromatic carbocycles. The lowest BCUT2D eigenvalue weighted by molar-refractivity contribution is 0.0342. The van der Waals surface area contributed by atoms with E-state index >= 15 is 0 Å². The molecular weight excluding hydrogens is 514 g/mol. The van der Waals surface area contributed by atoms with Crippen LogP contribution in [0.15, 0.2) is 48.7 Å². The third kappa shape index (κ3) is 6.59. The number of nitrogens with zero attached hydrogens (tertiary/aromatic N) is 7. The molecule has 0 spiro atoms. The van der Waals surface area contributed by atoms with Crippen molar-refractivity contribution in [1.29, 1.82) is 0 Å². The highest BCUT2D eigenvalue weighted by Crippen LogP contribution is 2.30. The van der Waals surface area contributed by atoms with Gasteiger partial charge in [0.2, 0.25) is 5.82 Å². The minimum Gasteiger partial charge on any atom is -0.381 e. The quantitative estimate of drug-likeness (QED) is 0.317. The Morgan fingerprint density at radius 2 is 1.85 bits per heavy atom. The molecule has 0 radical (unpaired) electrons. The number of para-hydroxylation sites is 1. The van der Waals surface area contributed by atoms with E-state index in [9.17, 15) is 0 Å². The molecule has 3 aromatic heterocycles. The number of aromatic nitrogens is 6. The Bertz CT molecular complexity index is 1350. The van der Waals surface area contributed by atoms with E-state index in [1.165, 1.54) is 21.7 Å². The molecule has 11 nitrogen and oxygen atoms in total. The van der Waals surface area contributed by atoms with E-state index in [0.717, 1.165) is 85.9 Å². The molecule has 2 fully saturated rings. The third-order valence-corrected chi connectivity index (χ3v) is 8.03. The summed E-state index contributed by atoms with van der Waals surface area (Å²) >= 11 is 1.47. The second-order valence-corrected chi connectivity index (χ2v) is 10.9. The van der Waals surface area contributed by atoms with Gasteiger partial charge in [-0.3, -0.25) is 4.90 Å². The topological polar surface area (TPSA) is 115 Å². The Balaban J connectivity index is 1.18. The third-order valence-electron chi connectivity index (χ3n) is 7.12. The van der Waals surface area contributed by atoms with Gasteiger partial charge in [0.1, 0.15) is 11.6 Å². The summed E-state index contributed by atoms with van der Waals surface area (Å²) < 4.78 is 11.1. The van der Waals surface area contributed by atoms with E-state index in [-0.39, 0.29) is 0 Å². The van der Waals surface area contributed by atoms with Crippen molar-refractivity contribution in [3.63, 3.8) is 0 Å². The fourth-order valence-electron chi connectivity index (χ4n) is 5.01. The van der Waals surface area contributed by atoms with Crippen LogP contribution in [0.2, 0.25) is 0 Å². The number of nitrogens with one attached hydrogen (secondary N) is 2. The van der Waals surface area contributed by atoms with E-state index in [0.29, 0.717) is 18.0 Å². The number of anilines is 3. The summed E-state index contributed by atoms with van der Waals surface area (Å²) in [6.07, 6.45) is 6.41. The van der Waals surface area contributed by atoms with Crippen LogP contribution >= 0.6 is 11.3 Å². The number of thiazole rings is 1. The van der Waals surface area contributed by atoms with Gasteiger partial charge < -0.3 is 20.1 Å². The molecule has 0 amide bonds. The van der Waals surface area contributed by atoms with Crippen LogP contribution in [0.25, 0.3) is 16.4 Å². The van der Waals surface area contributed by atoms with E-state index in [1.807, 2.05) is 30.3 Å². The maximum atomic E-state index is 5.55. The van der Waals surface area contributed by atoms with Crippen LogP contribution in [0.1, 0.15) is 31.2 Å². The molecule has 2 aliphatic rings. The zero-order valence-corrected chi connectivity index (χ0v) is 22.8. The number of hydrogen-bond acceptors (Lipinski definition) is 11. The number of pyridine rings is 1. The van der Waals surface area contributed by atoms with Crippen LogP contribution in [-0.2, 0) is 16.0 Å². The SMILES string of the molecule is CO[C@H]1CC[C@H](Nc2cc(CN3CCOCC3)cc(Nc3ncc(-c4nnn(-c5ccccc5)n4)s3)n2)CC1. The first-order chi connectivity index (χ1) is 19.2. The number of ether oxygens (including phenoxy) is 2. The van der Waals surface area contributed by atoms with Gasteiger partial charge in [0.15, 0.2) is 5.13 Å². The fourth-order valence-corrected chi connectivity index (χ4v) is 5.76. The summed E-state index contributed by atoms with van der Waals surface area (Å²) in [5.41, 5.74) is 2.06. The van der Waals surface area contributed by atoms with Gasteiger partial charge in [-0.15, -0.1) is 15.0 Å². The minimum absolute atomic E-state index is 0.365. The lowest BCUT2D eigenvalue weighted by Gasteiger charge is -2.29. The number of morpholine rings is 1. The second-order valence-electron chi connectivity index (χ2n) is 9.88. The molecule has 1 aliphatic carbocycles. The van der Waals surface area contributed by atoms with E-state index < -0.39 is 0 Å². The number of methoxy groups -OCH3 is 1. The molecule has 4 heterocycles. The molecule has 204 valence electrons. The molecule has 1 saturated heterocycles. The van der Waals surface area contributed by atoms with E-state index in [4.69, 9.17) is 14.5 Å². The maximum absolute atomic E-state index is 5.55. The number of hydrogen-bond donors (Lipinski definition) is 2. The van der Waals surface area contributed by atoms with Gasteiger partial charge in [0.05, 0.1) is 36.1 Å². The largest absolute Gasteiger partial charge is 0.381 e. The van der Waals surface area contributed by atoms with Crippen LogP contribution in [0.4, 0.5) is 16.8 Å². The highest BCUT2D eigenvalue weighted by Gasteiger charge is 2.22. The van der Waals surface area contributed by atoms with Gasteiger partial charge >= 0.3 is 0 Å². The van der Waals surface area contributed by atoms with Crippen LogP contribution < -0.4 is 10.6 Å². The second kappa shape index (κ2) is 12.2. The van der Waals surface area contributed by atoms with Crippen LogP contribution in [-0.4, -0.2) is 80.6 Å². The standard InChI is InChI=1S/C27H33N9O2S/c1-37-22-9-7-20(8-10-22)29-24-15-19(18-35-11-13-38-14-12-35)16-25(30-24)31-27-28-17-23(39-27)26-32-34-36(33-26)21-5-3-2-4-6-21/h2-6,15-17,20,22H,7-14,18H2,1H3,(H2,28,29,30,31)/t20-,22-. The number of rotatable bonds is 9. The van der Waals surface area contributed by atoms with Gasteiger partial charge in [0, 0.05) is 32.8 Å². The summed E-state index contributed by atoms with van der Waals surface area (Å²) in [5.74, 6) is 2.18. The van der Waals surface area contributed by atoms with Gasteiger partial charge in [-0.2, -0.15) is 0 Å². The van der Waals surface area contributed by atoms with Gasteiger partial charge in [-0.05, 0) is 60.7 Å². The van der Waals surface area contributed by atoms with Crippen molar-refractivity contribution in [2.75, 3.05) is 44.0 Å². The summed E-state index contributed by atoms with van der Waals surface area (Å²) in [6.45, 7) is 4.26. The Morgan fingerprint density at radius 3 is 2.64 bits per heavy atom. The molecule has 0 unspecified atom stereocenters. The van der Waals surface area contributed by atoms with Crippen molar-refractivity contribution < 1.29 is 9.47 Å². The molecule has 0 atom stereocenters. The molecule has 12 heteroatoms. The van der Waals surface area contributed by atoms with Gasteiger partial charge in [-0.1, -0.05) is 29.5 Å². The van der Waals surface area contributed by atoms with Crippen molar-refractivity contribution in [3.8, 4) is 16.4 Å². The predicted molar refractivity (Wildman–Crippen MR) is 151 cm³/mol. The van der Waals surface area contributed by atoms with E-state index in [2.05, 4.69) is 48.1 Å². The first-order valence-corrected chi connectivity index (χ1v) is 14.2. The monoisotopic (exact) mass is 547 g/mol. The zero-order valence-electron chi connectivity index (χ0n) is 22.0. The zero-order chi connectivity index (χ0) is 26.4. The van der Waals surface area contributed by atoms with Crippen molar-refractivity contribution in [3.05, 3.63) is 54.2 Å². The minimum atomic E-state index is 0.365. The van der Waals surface area contributed by atoms with Gasteiger partial charge in [-0.25, -0.2) is 9.97 Å². The van der Waals surface area contributed by atoms with Crippen molar-refractivity contribution in [2.24, 2.45) is 0 Å². The number of tetrazole rings is 1. The summed E-state index contributed by atoms with van der Waals surface area (Å²) in [7, 11) is 1.80. The van der Waals surface area contributed by atoms with Crippen molar-refractivity contribution in [1.82, 2.24) is 35.1 Å². The Hall–Kier alpha value is -3.45. The lowest BCUT2D eigenvalue weighted by atomic mass is 9.93. The molecular formula is C27H33N9O2S. The fraction of sp³-hybridized carbons (Fsp3) is 0.444. The van der Waals surface area contributed by atoms with Crippen molar-refractivity contribution >= 4 is 28.1 Å². The average Bonchev–Trinajstić information content (AvgIpc) is 3.65. The van der Waals surface area contributed by atoms with Crippen LogP contribution in [0.3, 0.4) is 0 Å². The summed E-state index contributed by atoms with van der Waals surface area (Å²) in [5, 5.41) is 20.8. The molecule has 1 aliphatic heterocycles. The van der Waals surface area contributed by atoms with Crippen LogP contribution in [0.5, 0.6) is 0 Å². The molecule has 0 bridgehead atoms. The van der Waals surface area contributed by atoms with Crippen molar-refractivity contribution in [2.45, 2.75) is 44.4 Å². The molecule has 6 rings (SSSR count). The number of benzene rings is 1. The first kappa shape index (κ1) is 25.8. The molecule has 2 N–H and O–H groups in total. The molecule has 4 aromatic rings. The summed E-state index contributed by atoms with van der Waals surface area (Å²) in [6, 6.07) is 14.4. The predicted octanol–water partition coefficient (Wildman–Crippen LogP) is 4.13. The van der Waals surface area contributed by atoms with E-state index in [1.54, 1.807) is 13.3 Å². The smallest absolute Gasteiger partial charge is 0.216 e.